The fraction of sp³-hybridized carbons (Fsp3) is 0.419. The van der Waals surface area contributed by atoms with Gasteiger partial charge in [-0.2, -0.15) is 0 Å². The summed E-state index contributed by atoms with van der Waals surface area (Å²) >= 11 is 1.66. The summed E-state index contributed by atoms with van der Waals surface area (Å²) in [6.45, 7) is 2.90. The molecule has 3 aromatic rings. The van der Waals surface area contributed by atoms with Crippen LogP contribution in [0.15, 0.2) is 72.1 Å². The Hall–Kier alpha value is -2.96. The molecule has 5 nitrogen and oxygen atoms in total. The van der Waals surface area contributed by atoms with Crippen LogP contribution < -0.4 is 5.32 Å². The monoisotopic (exact) mass is 513 g/mol. The van der Waals surface area contributed by atoms with Gasteiger partial charge in [-0.1, -0.05) is 67.4 Å². The molecule has 0 bridgehead atoms. The molecule has 1 N–H and O–H groups in total. The summed E-state index contributed by atoms with van der Waals surface area (Å²) in [5.41, 5.74) is 2.90. The van der Waals surface area contributed by atoms with Gasteiger partial charge in [-0.05, 0) is 54.3 Å². The quantitative estimate of drug-likeness (QED) is 0.457. The zero-order valence-corrected chi connectivity index (χ0v) is 22.0. The number of rotatable bonds is 6. The molecule has 3 aliphatic rings. The number of nitrogens with zero attached hydrogens (tertiary/aromatic N) is 2. The van der Waals surface area contributed by atoms with Gasteiger partial charge in [0, 0.05) is 42.2 Å². The smallest absolute Gasteiger partial charge is 0.254 e. The largest absolute Gasteiger partial charge is 0.353 e. The van der Waals surface area contributed by atoms with Gasteiger partial charge in [-0.3, -0.25) is 14.5 Å². The maximum atomic E-state index is 14.1. The molecule has 0 unspecified atom stereocenters. The van der Waals surface area contributed by atoms with Crippen molar-refractivity contribution in [2.45, 2.75) is 69.1 Å². The minimum atomic E-state index is -0.393. The van der Waals surface area contributed by atoms with E-state index in [-0.39, 0.29) is 29.9 Å². The molecule has 2 atom stereocenters. The first-order valence-electron chi connectivity index (χ1n) is 13.7. The van der Waals surface area contributed by atoms with Crippen LogP contribution in [0.4, 0.5) is 0 Å². The van der Waals surface area contributed by atoms with Crippen molar-refractivity contribution in [3.05, 3.63) is 93.7 Å². The summed E-state index contributed by atoms with van der Waals surface area (Å²) in [6, 6.07) is 22.6. The molecule has 192 valence electrons. The average molecular weight is 514 g/mol. The highest BCUT2D eigenvalue weighted by atomic mass is 32.1. The number of carbonyl (C=O) groups excluding carboxylic acids is 2. The summed E-state index contributed by atoms with van der Waals surface area (Å²) in [5, 5.41) is 5.49. The molecule has 1 saturated heterocycles. The van der Waals surface area contributed by atoms with Crippen molar-refractivity contribution in [1.29, 1.82) is 0 Å². The third-order valence-corrected chi connectivity index (χ3v) is 9.34. The molecule has 0 radical (unpaired) electrons. The van der Waals surface area contributed by atoms with E-state index in [1.807, 2.05) is 30.3 Å². The second kappa shape index (κ2) is 10.8. The molecule has 0 spiro atoms. The molecule has 1 aliphatic carbocycles. The maximum absolute atomic E-state index is 14.1. The Morgan fingerprint density at radius 3 is 2.35 bits per heavy atom. The van der Waals surface area contributed by atoms with Crippen LogP contribution >= 0.6 is 11.3 Å². The Morgan fingerprint density at radius 2 is 1.62 bits per heavy atom. The number of amides is 2. The number of hydrogen-bond acceptors (Lipinski definition) is 4. The van der Waals surface area contributed by atoms with Crippen LogP contribution in [0.1, 0.15) is 76.8 Å². The van der Waals surface area contributed by atoms with Crippen molar-refractivity contribution in [3.8, 4) is 0 Å². The molecule has 2 amide bonds. The molecule has 3 heterocycles. The van der Waals surface area contributed by atoms with Crippen LogP contribution in [-0.4, -0.2) is 46.8 Å². The minimum absolute atomic E-state index is 0.0582. The molecule has 1 aromatic heterocycles. The van der Waals surface area contributed by atoms with Gasteiger partial charge in [0.2, 0.25) is 5.91 Å². The van der Waals surface area contributed by atoms with Crippen LogP contribution in [0.2, 0.25) is 0 Å². The molecule has 37 heavy (non-hydrogen) atoms. The van der Waals surface area contributed by atoms with Crippen molar-refractivity contribution in [1.82, 2.24) is 15.1 Å². The van der Waals surface area contributed by atoms with Crippen molar-refractivity contribution < 1.29 is 9.59 Å². The third kappa shape index (κ3) is 4.97. The fourth-order valence-electron chi connectivity index (χ4n) is 6.55. The van der Waals surface area contributed by atoms with E-state index in [1.54, 1.807) is 11.3 Å². The van der Waals surface area contributed by atoms with Crippen molar-refractivity contribution in [2.75, 3.05) is 13.1 Å². The number of nitrogens with one attached hydrogen (secondary N) is 1. The van der Waals surface area contributed by atoms with Crippen molar-refractivity contribution >= 4 is 23.2 Å². The van der Waals surface area contributed by atoms with E-state index in [0.717, 1.165) is 68.6 Å². The fourth-order valence-corrected chi connectivity index (χ4v) is 7.41. The van der Waals surface area contributed by atoms with Crippen LogP contribution in [0, 0.1) is 0 Å². The summed E-state index contributed by atoms with van der Waals surface area (Å²) in [7, 11) is 0. The minimum Gasteiger partial charge on any atom is -0.353 e. The lowest BCUT2D eigenvalue weighted by Crippen LogP contribution is -2.52. The van der Waals surface area contributed by atoms with Crippen LogP contribution in [0.3, 0.4) is 0 Å². The van der Waals surface area contributed by atoms with E-state index in [0.29, 0.717) is 5.56 Å². The van der Waals surface area contributed by atoms with Gasteiger partial charge >= 0.3 is 0 Å². The predicted molar refractivity (Wildman–Crippen MR) is 148 cm³/mol. The topological polar surface area (TPSA) is 52.7 Å². The number of thiophene rings is 1. The average Bonchev–Trinajstić information content (AvgIpc) is 3.65. The standard InChI is InChI=1S/C31H35N3O2S/c35-30(32-23-16-18-33(19-17-23)21-22-9-2-1-3-10-22)28-25-13-6-7-14-26(25)31(36)34(24-11-4-5-12-24)29(28)27-15-8-20-37-27/h1-3,6-10,13-15,20,23-24,28-29H,4-5,11-12,16-19,21H2,(H,32,35)/t28-,29+/m1/s1. The lowest BCUT2D eigenvalue weighted by Gasteiger charge is -2.44. The first kappa shape index (κ1) is 24.4. The highest BCUT2D eigenvalue weighted by molar-refractivity contribution is 7.10. The summed E-state index contributed by atoms with van der Waals surface area (Å²) in [4.78, 5) is 33.6. The number of piperidine rings is 1. The zero-order valence-electron chi connectivity index (χ0n) is 21.2. The molecule has 2 aromatic carbocycles. The highest BCUT2D eigenvalue weighted by Crippen LogP contribution is 2.47. The molecule has 2 aliphatic heterocycles. The SMILES string of the molecule is O=C(NC1CCN(Cc2ccccc2)CC1)[C@@H]1c2ccccc2C(=O)N(C2CCCC2)[C@H]1c1cccs1. The van der Waals surface area contributed by atoms with E-state index < -0.39 is 5.92 Å². The second-order valence-electron chi connectivity index (χ2n) is 10.7. The normalized spacial score (nSPS) is 23.2. The van der Waals surface area contributed by atoms with Crippen LogP contribution in [0.25, 0.3) is 0 Å². The molecule has 6 rings (SSSR count). The van der Waals surface area contributed by atoms with E-state index in [1.165, 1.54) is 5.56 Å². The number of fused-ring (bicyclic) bond motifs is 1. The van der Waals surface area contributed by atoms with E-state index >= 15 is 0 Å². The summed E-state index contributed by atoms with van der Waals surface area (Å²) in [6.07, 6.45) is 6.22. The summed E-state index contributed by atoms with van der Waals surface area (Å²) < 4.78 is 0. The molecular weight excluding hydrogens is 478 g/mol. The summed E-state index contributed by atoms with van der Waals surface area (Å²) in [5.74, 6) is -0.252. The first-order valence-corrected chi connectivity index (χ1v) is 14.6. The van der Waals surface area contributed by atoms with E-state index in [9.17, 15) is 9.59 Å². The molecular formula is C31H35N3O2S. The Morgan fingerprint density at radius 1 is 0.892 bits per heavy atom. The lowest BCUT2D eigenvalue weighted by molar-refractivity contribution is -0.125. The Bertz CT molecular complexity index is 1210. The molecule has 2 fully saturated rings. The van der Waals surface area contributed by atoms with Gasteiger partial charge in [0.25, 0.3) is 5.91 Å². The zero-order chi connectivity index (χ0) is 25.2. The lowest BCUT2D eigenvalue weighted by atomic mass is 9.80. The van der Waals surface area contributed by atoms with Gasteiger partial charge in [0.1, 0.15) is 0 Å². The number of likely N-dealkylation sites (tertiary alicyclic amines) is 1. The third-order valence-electron chi connectivity index (χ3n) is 8.39. The van der Waals surface area contributed by atoms with Gasteiger partial charge < -0.3 is 10.2 Å². The highest BCUT2D eigenvalue weighted by Gasteiger charge is 2.47. The van der Waals surface area contributed by atoms with Crippen LogP contribution in [-0.2, 0) is 11.3 Å². The Balaban J connectivity index is 1.24. The van der Waals surface area contributed by atoms with Crippen LogP contribution in [0.5, 0.6) is 0 Å². The van der Waals surface area contributed by atoms with E-state index in [2.05, 4.69) is 56.9 Å². The van der Waals surface area contributed by atoms with E-state index in [4.69, 9.17) is 0 Å². The number of carbonyl (C=O) groups is 2. The second-order valence-corrected chi connectivity index (χ2v) is 11.7. The Labute approximate surface area is 223 Å². The maximum Gasteiger partial charge on any atom is 0.254 e. The van der Waals surface area contributed by atoms with Gasteiger partial charge in [-0.15, -0.1) is 11.3 Å². The van der Waals surface area contributed by atoms with Crippen molar-refractivity contribution in [2.24, 2.45) is 0 Å². The molecule has 6 heteroatoms. The molecule has 1 saturated carbocycles. The number of hydrogen-bond donors (Lipinski definition) is 1. The Kier molecular flexibility index (Phi) is 7.12. The van der Waals surface area contributed by atoms with Gasteiger partial charge in [-0.25, -0.2) is 0 Å². The number of benzene rings is 2. The van der Waals surface area contributed by atoms with Gasteiger partial charge in [0.15, 0.2) is 0 Å². The predicted octanol–water partition coefficient (Wildman–Crippen LogP) is 5.75. The first-order chi connectivity index (χ1) is 18.2. The van der Waals surface area contributed by atoms with Crippen molar-refractivity contribution in [3.63, 3.8) is 0 Å². The van der Waals surface area contributed by atoms with Gasteiger partial charge in [0.05, 0.1) is 12.0 Å².